The number of nitrogens with one attached hydrogen (secondary N) is 2. The Balaban J connectivity index is 1.98. The molecule has 2 rings (SSSR count). The molecule has 2 atom stereocenters. The lowest BCUT2D eigenvalue weighted by Crippen LogP contribution is -2.53. The predicted octanol–water partition coefficient (Wildman–Crippen LogP) is 0.761. The van der Waals surface area contributed by atoms with Gasteiger partial charge in [0.1, 0.15) is 12.1 Å². The van der Waals surface area contributed by atoms with Gasteiger partial charge in [-0.25, -0.2) is 0 Å². The van der Waals surface area contributed by atoms with Crippen LogP contribution in [0, 0.1) is 0 Å². The number of primary amides is 1. The minimum absolute atomic E-state index is 0.0439. The zero-order chi connectivity index (χ0) is 24.8. The van der Waals surface area contributed by atoms with E-state index in [1.165, 1.54) is 0 Å². The topological polar surface area (TPSA) is 166 Å². The molecular formula is C25H34N6O3. The molecule has 0 aliphatic rings. The largest absolute Gasteiger partial charge is 0.370 e. The van der Waals surface area contributed by atoms with Crippen LogP contribution in [0.5, 0.6) is 0 Å². The number of carbonyl (C=O) groups is 3. The Labute approximate surface area is 200 Å². The minimum atomic E-state index is -0.894. The first-order chi connectivity index (χ1) is 16.3. The molecule has 0 spiro atoms. The van der Waals surface area contributed by atoms with Crippen molar-refractivity contribution in [1.29, 1.82) is 0 Å². The van der Waals surface area contributed by atoms with Crippen LogP contribution in [0.2, 0.25) is 0 Å². The zero-order valence-electron chi connectivity index (χ0n) is 19.3. The molecule has 34 heavy (non-hydrogen) atoms. The normalized spacial score (nSPS) is 12.2. The molecule has 0 saturated heterocycles. The number of aryl methyl sites for hydroxylation is 1. The fraction of sp³-hybridized carbons (Fsp3) is 0.360. The lowest BCUT2D eigenvalue weighted by molar-refractivity contribution is -0.131. The van der Waals surface area contributed by atoms with E-state index in [0.29, 0.717) is 19.4 Å². The summed E-state index contributed by atoms with van der Waals surface area (Å²) in [6, 6.07) is 17.5. The standard InChI is InChI=1S/C25H34N6O3/c26-23(33)20(14-8-16-29-25(27)28)31-24(34)21(17-19-11-5-2-6-12-19)30-22(32)15-7-13-18-9-3-1-4-10-18/h1-6,9-12,20-21H,7-8,13-17H2,(H2,26,33)(H,30,32)(H,31,34)(H4,27,28,29)/t20?,21-/m1/s1. The number of aliphatic imine (C=N–C) groups is 1. The highest BCUT2D eigenvalue weighted by Crippen LogP contribution is 2.08. The summed E-state index contributed by atoms with van der Waals surface area (Å²) < 4.78 is 0. The SMILES string of the molecule is NC(=O)C(CCCN=C(N)N)NC(=O)[C@@H](Cc1ccccc1)NC(=O)CCCc1ccccc1. The molecule has 0 aliphatic carbocycles. The molecule has 3 amide bonds. The highest BCUT2D eigenvalue weighted by molar-refractivity contribution is 5.91. The molecule has 0 aromatic heterocycles. The summed E-state index contributed by atoms with van der Waals surface area (Å²) in [4.78, 5) is 41.4. The monoisotopic (exact) mass is 466 g/mol. The number of guanidine groups is 1. The van der Waals surface area contributed by atoms with Gasteiger partial charge in [-0.3, -0.25) is 19.4 Å². The first-order valence-electron chi connectivity index (χ1n) is 11.4. The molecule has 0 heterocycles. The Bertz CT molecular complexity index is 946. The number of hydrogen-bond donors (Lipinski definition) is 5. The number of nitrogens with zero attached hydrogens (tertiary/aromatic N) is 1. The third-order valence-electron chi connectivity index (χ3n) is 5.25. The predicted molar refractivity (Wildman–Crippen MR) is 132 cm³/mol. The number of amides is 3. The highest BCUT2D eigenvalue weighted by Gasteiger charge is 2.25. The van der Waals surface area contributed by atoms with E-state index >= 15 is 0 Å². The lowest BCUT2D eigenvalue weighted by Gasteiger charge is -2.22. The maximum atomic E-state index is 13.0. The van der Waals surface area contributed by atoms with Gasteiger partial charge in [0.25, 0.3) is 0 Å². The van der Waals surface area contributed by atoms with Gasteiger partial charge in [0, 0.05) is 19.4 Å². The summed E-state index contributed by atoms with van der Waals surface area (Å²) in [6.45, 7) is 0.313. The van der Waals surface area contributed by atoms with Gasteiger partial charge in [0.15, 0.2) is 5.96 Å². The average Bonchev–Trinajstić information content (AvgIpc) is 2.81. The van der Waals surface area contributed by atoms with Crippen LogP contribution in [0.3, 0.4) is 0 Å². The van der Waals surface area contributed by atoms with Crippen molar-refractivity contribution in [3.05, 3.63) is 71.8 Å². The summed E-state index contributed by atoms with van der Waals surface area (Å²) in [5.74, 6) is -1.40. The maximum absolute atomic E-state index is 13.0. The summed E-state index contributed by atoms with van der Waals surface area (Å²) >= 11 is 0. The van der Waals surface area contributed by atoms with Crippen LogP contribution >= 0.6 is 0 Å². The smallest absolute Gasteiger partial charge is 0.243 e. The molecule has 1 unspecified atom stereocenters. The van der Waals surface area contributed by atoms with Crippen LogP contribution in [0.25, 0.3) is 0 Å². The van der Waals surface area contributed by atoms with E-state index in [-0.39, 0.29) is 31.1 Å². The molecule has 0 aliphatic heterocycles. The summed E-state index contributed by atoms with van der Waals surface area (Å²) in [7, 11) is 0. The highest BCUT2D eigenvalue weighted by atomic mass is 16.2. The van der Waals surface area contributed by atoms with Gasteiger partial charge in [-0.05, 0) is 36.8 Å². The van der Waals surface area contributed by atoms with Crippen molar-refractivity contribution in [2.45, 2.75) is 50.6 Å². The molecule has 0 saturated carbocycles. The zero-order valence-corrected chi connectivity index (χ0v) is 19.3. The van der Waals surface area contributed by atoms with Gasteiger partial charge in [-0.1, -0.05) is 60.7 Å². The first kappa shape index (κ1) is 26.4. The first-order valence-corrected chi connectivity index (χ1v) is 11.4. The van der Waals surface area contributed by atoms with Gasteiger partial charge in [-0.15, -0.1) is 0 Å². The van der Waals surface area contributed by atoms with Crippen molar-refractivity contribution in [3.63, 3.8) is 0 Å². The number of carbonyl (C=O) groups excluding carboxylic acids is 3. The van der Waals surface area contributed by atoms with Crippen LogP contribution in [0.4, 0.5) is 0 Å². The van der Waals surface area contributed by atoms with E-state index in [1.54, 1.807) is 0 Å². The van der Waals surface area contributed by atoms with Crippen molar-refractivity contribution in [1.82, 2.24) is 10.6 Å². The molecule has 0 fully saturated rings. The van der Waals surface area contributed by atoms with Gasteiger partial charge < -0.3 is 27.8 Å². The Morgan fingerprint density at radius 1 is 0.794 bits per heavy atom. The lowest BCUT2D eigenvalue weighted by atomic mass is 10.0. The second-order valence-corrected chi connectivity index (χ2v) is 8.06. The molecule has 8 N–H and O–H groups in total. The van der Waals surface area contributed by atoms with E-state index in [4.69, 9.17) is 17.2 Å². The van der Waals surface area contributed by atoms with Crippen LogP contribution in [0.15, 0.2) is 65.7 Å². The molecular weight excluding hydrogens is 432 g/mol. The molecule has 182 valence electrons. The summed E-state index contributed by atoms with van der Waals surface area (Å²) in [5.41, 5.74) is 18.1. The summed E-state index contributed by atoms with van der Waals surface area (Å²) in [6.07, 6.45) is 2.73. The van der Waals surface area contributed by atoms with Crippen LogP contribution in [-0.2, 0) is 27.2 Å². The van der Waals surface area contributed by atoms with E-state index in [9.17, 15) is 14.4 Å². The van der Waals surface area contributed by atoms with Gasteiger partial charge in [0.2, 0.25) is 17.7 Å². The van der Waals surface area contributed by atoms with Crippen molar-refractivity contribution >= 4 is 23.7 Å². The van der Waals surface area contributed by atoms with Gasteiger partial charge in [-0.2, -0.15) is 0 Å². The molecule has 9 heteroatoms. The van der Waals surface area contributed by atoms with Crippen LogP contribution < -0.4 is 27.8 Å². The van der Waals surface area contributed by atoms with Crippen molar-refractivity contribution < 1.29 is 14.4 Å². The van der Waals surface area contributed by atoms with Crippen molar-refractivity contribution in [3.8, 4) is 0 Å². The van der Waals surface area contributed by atoms with Crippen LogP contribution in [0.1, 0.15) is 36.8 Å². The third-order valence-corrected chi connectivity index (χ3v) is 5.25. The third kappa shape index (κ3) is 10.2. The number of hydrogen-bond acceptors (Lipinski definition) is 4. The van der Waals surface area contributed by atoms with E-state index < -0.39 is 23.9 Å². The molecule has 0 radical (unpaired) electrons. The van der Waals surface area contributed by atoms with Gasteiger partial charge in [0.05, 0.1) is 0 Å². The van der Waals surface area contributed by atoms with E-state index in [1.807, 2.05) is 60.7 Å². The minimum Gasteiger partial charge on any atom is -0.370 e. The second-order valence-electron chi connectivity index (χ2n) is 8.06. The Hall–Kier alpha value is -3.88. The van der Waals surface area contributed by atoms with E-state index in [2.05, 4.69) is 15.6 Å². The second kappa shape index (κ2) is 14.3. The van der Waals surface area contributed by atoms with Gasteiger partial charge >= 0.3 is 0 Å². The Morgan fingerprint density at radius 3 is 2.00 bits per heavy atom. The summed E-state index contributed by atoms with van der Waals surface area (Å²) in [5, 5.41) is 5.49. The number of rotatable bonds is 14. The average molecular weight is 467 g/mol. The molecule has 2 aromatic carbocycles. The molecule has 2 aromatic rings. The van der Waals surface area contributed by atoms with Crippen molar-refractivity contribution in [2.24, 2.45) is 22.2 Å². The fourth-order valence-corrected chi connectivity index (χ4v) is 3.48. The number of nitrogens with two attached hydrogens (primary N) is 3. The molecule has 9 nitrogen and oxygen atoms in total. The quantitative estimate of drug-likeness (QED) is 0.157. The fourth-order valence-electron chi connectivity index (χ4n) is 3.48. The Kier molecular flexibility index (Phi) is 11.1. The number of benzene rings is 2. The molecule has 0 bridgehead atoms. The maximum Gasteiger partial charge on any atom is 0.243 e. The Morgan fingerprint density at radius 2 is 1.41 bits per heavy atom. The van der Waals surface area contributed by atoms with Crippen molar-refractivity contribution in [2.75, 3.05) is 6.54 Å². The van der Waals surface area contributed by atoms with E-state index in [0.717, 1.165) is 17.5 Å². The van der Waals surface area contributed by atoms with Crippen LogP contribution in [-0.4, -0.2) is 42.3 Å².